The minimum atomic E-state index is -0.419. The number of ketones is 1. The van der Waals surface area contributed by atoms with E-state index in [0.29, 0.717) is 21.3 Å². The van der Waals surface area contributed by atoms with E-state index in [2.05, 4.69) is 57.3 Å². The fourth-order valence-corrected chi connectivity index (χ4v) is 4.63. The quantitative estimate of drug-likeness (QED) is 0.224. The Labute approximate surface area is 244 Å². The van der Waals surface area contributed by atoms with E-state index in [1.807, 2.05) is 5.38 Å². The summed E-state index contributed by atoms with van der Waals surface area (Å²) in [7, 11) is 0. The van der Waals surface area contributed by atoms with Gasteiger partial charge in [-0.15, -0.1) is 11.3 Å². The molecule has 0 atom stereocenters. The third-order valence-electron chi connectivity index (χ3n) is 6.07. The number of carbonyl (C=O) groups excluding carboxylic acids is 2. The van der Waals surface area contributed by atoms with Crippen LogP contribution in [-0.2, 0) is 0 Å². The Morgan fingerprint density at radius 3 is 2.08 bits per heavy atom. The zero-order chi connectivity index (χ0) is 29.2. The SMILES string of the molecule is CC(=O)c1cc(-n2cc(NC(=O)Nc3ccccc3Cl)cn2)cs1.CCC(C)C.CCCC(CCC)CCC. The van der Waals surface area contributed by atoms with Crippen LogP contribution in [0.5, 0.6) is 0 Å². The van der Waals surface area contributed by atoms with Crippen LogP contribution in [0.2, 0.25) is 5.02 Å². The van der Waals surface area contributed by atoms with Gasteiger partial charge >= 0.3 is 6.03 Å². The normalized spacial score (nSPS) is 10.4. The lowest BCUT2D eigenvalue weighted by Gasteiger charge is -2.12. The Hall–Kier alpha value is -2.64. The molecule has 0 spiro atoms. The number of anilines is 2. The van der Waals surface area contributed by atoms with Gasteiger partial charge < -0.3 is 10.6 Å². The van der Waals surface area contributed by atoms with E-state index in [0.717, 1.165) is 17.5 Å². The Kier molecular flexibility index (Phi) is 17.1. The average molecular weight is 575 g/mol. The number of nitrogens with one attached hydrogen (secondary N) is 2. The van der Waals surface area contributed by atoms with E-state index in [4.69, 9.17) is 11.6 Å². The first-order chi connectivity index (χ1) is 18.6. The first-order valence-corrected chi connectivity index (χ1v) is 15.4. The number of amides is 2. The summed E-state index contributed by atoms with van der Waals surface area (Å²) in [5.41, 5.74) is 1.81. The molecule has 0 fully saturated rings. The summed E-state index contributed by atoms with van der Waals surface area (Å²) in [6.07, 6.45) is 12.9. The molecule has 1 aromatic carbocycles. The van der Waals surface area contributed by atoms with Gasteiger partial charge in [0, 0.05) is 5.38 Å². The van der Waals surface area contributed by atoms with Gasteiger partial charge in [0.15, 0.2) is 5.78 Å². The van der Waals surface area contributed by atoms with Crippen molar-refractivity contribution in [2.75, 3.05) is 10.6 Å². The van der Waals surface area contributed by atoms with Crippen LogP contribution in [0.3, 0.4) is 0 Å². The van der Waals surface area contributed by atoms with Crippen LogP contribution >= 0.6 is 22.9 Å². The van der Waals surface area contributed by atoms with E-state index >= 15 is 0 Å². The van der Waals surface area contributed by atoms with E-state index in [-0.39, 0.29) is 5.78 Å². The van der Waals surface area contributed by atoms with Crippen molar-refractivity contribution in [2.24, 2.45) is 11.8 Å². The van der Waals surface area contributed by atoms with Crippen LogP contribution in [-0.4, -0.2) is 21.6 Å². The highest BCUT2D eigenvalue weighted by Gasteiger charge is 2.10. The minimum Gasteiger partial charge on any atom is -0.306 e. The second-order valence-corrected chi connectivity index (χ2v) is 11.3. The zero-order valence-corrected chi connectivity index (χ0v) is 26.3. The Balaban J connectivity index is 0.000000421. The van der Waals surface area contributed by atoms with Gasteiger partial charge in [0.25, 0.3) is 0 Å². The number of urea groups is 1. The van der Waals surface area contributed by atoms with Gasteiger partial charge in [-0.1, -0.05) is 110 Å². The molecule has 3 aromatic rings. The van der Waals surface area contributed by atoms with E-state index in [1.54, 1.807) is 41.2 Å². The van der Waals surface area contributed by atoms with Gasteiger partial charge in [-0.25, -0.2) is 9.48 Å². The van der Waals surface area contributed by atoms with E-state index in [1.165, 1.54) is 69.4 Å². The largest absolute Gasteiger partial charge is 0.323 e. The van der Waals surface area contributed by atoms with Gasteiger partial charge in [0.1, 0.15) is 0 Å². The van der Waals surface area contributed by atoms with Crippen LogP contribution < -0.4 is 10.6 Å². The molecule has 0 radical (unpaired) electrons. The van der Waals surface area contributed by atoms with Crippen molar-refractivity contribution >= 4 is 46.1 Å². The standard InChI is InChI=1S/C16H13ClN4O2S.C10H22.C5H12/c1-10(22)15-6-12(9-24-15)21-8-11(7-18-21)19-16(23)20-14-5-3-2-4-13(14)17;1-4-7-10(8-5-2)9-6-3;1-4-5(2)3/h2-9H,1H3,(H2,19,20,23);10H,4-9H2,1-3H3;5H,4H2,1-3H3. The number of hydrogen-bond acceptors (Lipinski definition) is 4. The van der Waals surface area contributed by atoms with Crippen molar-refractivity contribution in [3.05, 3.63) is 58.0 Å². The predicted octanol–water partition coefficient (Wildman–Crippen LogP) is 10.5. The van der Waals surface area contributed by atoms with Crippen molar-refractivity contribution in [3.8, 4) is 5.69 Å². The van der Waals surface area contributed by atoms with Crippen LogP contribution in [0.25, 0.3) is 5.69 Å². The molecule has 0 bridgehead atoms. The van der Waals surface area contributed by atoms with Gasteiger partial charge in [-0.05, 0) is 37.0 Å². The van der Waals surface area contributed by atoms with Crippen molar-refractivity contribution in [1.29, 1.82) is 0 Å². The topological polar surface area (TPSA) is 76.0 Å². The summed E-state index contributed by atoms with van der Waals surface area (Å²) in [4.78, 5) is 24.0. The third kappa shape index (κ3) is 13.8. The number of nitrogens with zero attached hydrogens (tertiary/aromatic N) is 2. The van der Waals surface area contributed by atoms with Crippen molar-refractivity contribution in [3.63, 3.8) is 0 Å². The van der Waals surface area contributed by atoms with Gasteiger partial charge in [-0.3, -0.25) is 4.79 Å². The highest BCUT2D eigenvalue weighted by Crippen LogP contribution is 2.22. The van der Waals surface area contributed by atoms with Crippen LogP contribution in [0.1, 0.15) is 103 Å². The first-order valence-electron chi connectivity index (χ1n) is 14.1. The summed E-state index contributed by atoms with van der Waals surface area (Å²) in [6, 6.07) is 8.30. The maximum atomic E-state index is 12.0. The summed E-state index contributed by atoms with van der Waals surface area (Å²) < 4.78 is 1.59. The molecule has 3 rings (SSSR count). The minimum absolute atomic E-state index is 0.0101. The Morgan fingerprint density at radius 2 is 1.59 bits per heavy atom. The fraction of sp³-hybridized carbons (Fsp3) is 0.516. The number of hydrogen-bond donors (Lipinski definition) is 2. The molecule has 216 valence electrons. The second kappa shape index (κ2) is 19.4. The number of halogens is 1. The van der Waals surface area contributed by atoms with Crippen molar-refractivity contribution in [1.82, 2.24) is 9.78 Å². The molecule has 6 nitrogen and oxygen atoms in total. The molecule has 0 saturated heterocycles. The summed E-state index contributed by atoms with van der Waals surface area (Å²) in [6.45, 7) is 15.0. The van der Waals surface area contributed by atoms with Gasteiger partial charge in [0.05, 0.1) is 39.4 Å². The second-order valence-electron chi connectivity index (χ2n) is 9.99. The number of para-hydroxylation sites is 1. The van der Waals surface area contributed by atoms with Crippen molar-refractivity contribution < 1.29 is 9.59 Å². The average Bonchev–Trinajstić information content (AvgIpc) is 3.57. The van der Waals surface area contributed by atoms with Gasteiger partial charge in [-0.2, -0.15) is 5.10 Å². The number of aromatic nitrogens is 2. The molecule has 0 unspecified atom stereocenters. The molecule has 2 amide bonds. The summed E-state index contributed by atoms with van der Waals surface area (Å²) in [5, 5.41) is 11.8. The molecule has 0 aliphatic rings. The maximum absolute atomic E-state index is 12.0. The highest BCUT2D eigenvalue weighted by atomic mass is 35.5. The van der Waals surface area contributed by atoms with Crippen LogP contribution in [0, 0.1) is 11.8 Å². The summed E-state index contributed by atoms with van der Waals surface area (Å²) >= 11 is 7.35. The number of Topliss-reactive ketones (excluding diaryl/α,β-unsaturated/α-hetero) is 1. The molecule has 2 heterocycles. The van der Waals surface area contributed by atoms with Crippen molar-refractivity contribution in [2.45, 2.75) is 93.4 Å². The first kappa shape index (κ1) is 34.4. The van der Waals surface area contributed by atoms with Gasteiger partial charge in [0.2, 0.25) is 0 Å². The highest BCUT2D eigenvalue weighted by molar-refractivity contribution is 7.12. The number of rotatable bonds is 11. The van der Waals surface area contributed by atoms with Crippen LogP contribution in [0.4, 0.5) is 16.2 Å². The molecule has 2 aromatic heterocycles. The number of carbonyl (C=O) groups is 2. The van der Waals surface area contributed by atoms with E-state index in [9.17, 15) is 9.59 Å². The fourth-order valence-electron chi connectivity index (χ4n) is 3.66. The molecule has 8 heteroatoms. The molecular formula is C31H47ClN4O2S. The number of benzene rings is 1. The Morgan fingerprint density at radius 1 is 1.00 bits per heavy atom. The molecule has 0 saturated carbocycles. The number of thiophene rings is 1. The molecule has 39 heavy (non-hydrogen) atoms. The monoisotopic (exact) mass is 574 g/mol. The summed E-state index contributed by atoms with van der Waals surface area (Å²) in [5.74, 6) is 1.92. The lowest BCUT2D eigenvalue weighted by atomic mass is 9.94. The smallest absolute Gasteiger partial charge is 0.306 e. The molecule has 0 aliphatic heterocycles. The molecule has 2 N–H and O–H groups in total. The Bertz CT molecular complexity index is 1100. The maximum Gasteiger partial charge on any atom is 0.323 e. The predicted molar refractivity (Wildman–Crippen MR) is 169 cm³/mol. The lowest BCUT2D eigenvalue weighted by Crippen LogP contribution is -2.19. The lowest BCUT2D eigenvalue weighted by molar-refractivity contribution is 0.102. The third-order valence-corrected chi connectivity index (χ3v) is 7.42. The van der Waals surface area contributed by atoms with E-state index < -0.39 is 6.03 Å². The zero-order valence-electron chi connectivity index (χ0n) is 24.7. The molecular weight excluding hydrogens is 528 g/mol. The molecule has 0 aliphatic carbocycles. The van der Waals surface area contributed by atoms with Crippen LogP contribution in [0.15, 0.2) is 48.1 Å².